The number of hydrogen-bond acceptors (Lipinski definition) is 9. The van der Waals surface area contributed by atoms with Crippen LogP contribution in [-0.2, 0) is 10.5 Å². The fourth-order valence-electron chi connectivity index (χ4n) is 4.73. The summed E-state index contributed by atoms with van der Waals surface area (Å²) in [5, 5.41) is 37.6. The molecule has 2 saturated carbocycles. The van der Waals surface area contributed by atoms with Crippen molar-refractivity contribution in [2.75, 3.05) is 19.4 Å². The number of amides is 1. The van der Waals surface area contributed by atoms with Crippen molar-refractivity contribution >= 4 is 22.9 Å². The highest BCUT2D eigenvalue weighted by atomic mass is 16.4. The fourth-order valence-corrected chi connectivity index (χ4v) is 4.73. The molecular weight excluding hydrogens is 414 g/mol. The topological polar surface area (TPSA) is 158 Å². The minimum atomic E-state index is -1.75. The zero-order valence-electron chi connectivity index (χ0n) is 17.4. The molecule has 3 aromatic rings. The van der Waals surface area contributed by atoms with E-state index < -0.39 is 17.2 Å². The lowest BCUT2D eigenvalue weighted by atomic mass is 9.94. The van der Waals surface area contributed by atoms with Crippen LogP contribution in [0.2, 0.25) is 0 Å². The molecule has 1 amide bonds. The zero-order chi connectivity index (χ0) is 22.7. The van der Waals surface area contributed by atoms with Crippen molar-refractivity contribution in [2.45, 2.75) is 24.7 Å². The molecule has 3 aromatic heterocycles. The normalized spacial score (nSPS) is 28.0. The molecule has 4 atom stereocenters. The van der Waals surface area contributed by atoms with Crippen LogP contribution in [0, 0.1) is 23.2 Å². The molecule has 3 heterocycles. The summed E-state index contributed by atoms with van der Waals surface area (Å²) in [4.78, 5) is 29.4. The summed E-state index contributed by atoms with van der Waals surface area (Å²) >= 11 is 0. The molecule has 5 N–H and O–H groups in total. The van der Waals surface area contributed by atoms with Crippen LogP contribution in [0.4, 0.5) is 5.82 Å². The van der Waals surface area contributed by atoms with Gasteiger partial charge in [0.05, 0.1) is 17.9 Å². The second-order valence-electron chi connectivity index (χ2n) is 8.12. The minimum absolute atomic E-state index is 0.0109. The van der Waals surface area contributed by atoms with Gasteiger partial charge in [0, 0.05) is 32.3 Å². The Morgan fingerprint density at radius 1 is 1.25 bits per heavy atom. The number of imidazole rings is 1. The Bertz CT molecular complexity index is 1310. The van der Waals surface area contributed by atoms with Gasteiger partial charge >= 0.3 is 0 Å². The molecule has 5 rings (SSSR count). The third kappa shape index (κ3) is 2.73. The van der Waals surface area contributed by atoms with Crippen molar-refractivity contribution in [3.05, 3.63) is 36.2 Å². The van der Waals surface area contributed by atoms with Gasteiger partial charge in [-0.15, -0.1) is 0 Å². The van der Waals surface area contributed by atoms with Gasteiger partial charge in [-0.1, -0.05) is 5.92 Å². The van der Waals surface area contributed by atoms with Crippen molar-refractivity contribution in [1.82, 2.24) is 29.8 Å². The molecule has 164 valence electrons. The number of fused-ring (bicyclic) bond motifs is 2. The SMILES string of the molecule is CNC(=O)C12C[C@H]1C[C@](O)(n1cnc3c(NC)nc(C#Cc4cncc(O)c4)nc31)[C@@H]2O. The maximum atomic E-state index is 12.4. The van der Waals surface area contributed by atoms with Crippen LogP contribution in [0.3, 0.4) is 0 Å². The Morgan fingerprint density at radius 3 is 2.78 bits per heavy atom. The van der Waals surface area contributed by atoms with Crippen LogP contribution >= 0.6 is 0 Å². The first-order valence-electron chi connectivity index (χ1n) is 10.1. The Balaban J connectivity index is 1.59. The molecule has 0 aromatic carbocycles. The predicted molar refractivity (Wildman–Crippen MR) is 112 cm³/mol. The van der Waals surface area contributed by atoms with Gasteiger partial charge in [-0.2, -0.15) is 0 Å². The van der Waals surface area contributed by atoms with E-state index in [1.165, 1.54) is 36.4 Å². The summed E-state index contributed by atoms with van der Waals surface area (Å²) < 4.78 is 1.40. The molecule has 2 aliphatic carbocycles. The second-order valence-corrected chi connectivity index (χ2v) is 8.12. The van der Waals surface area contributed by atoms with Crippen LogP contribution in [0.15, 0.2) is 24.8 Å². The highest BCUT2D eigenvalue weighted by Gasteiger charge is 2.76. The lowest BCUT2D eigenvalue weighted by molar-refractivity contribution is -0.155. The van der Waals surface area contributed by atoms with E-state index >= 15 is 0 Å². The first kappa shape index (κ1) is 20.2. The van der Waals surface area contributed by atoms with Crippen LogP contribution in [0.5, 0.6) is 5.75 Å². The van der Waals surface area contributed by atoms with Crippen molar-refractivity contribution in [3.63, 3.8) is 0 Å². The molecule has 2 aliphatic rings. The molecule has 2 fully saturated rings. The summed E-state index contributed by atoms with van der Waals surface area (Å²) in [6, 6.07) is 1.46. The summed E-state index contributed by atoms with van der Waals surface area (Å²) in [7, 11) is 3.19. The van der Waals surface area contributed by atoms with Gasteiger partial charge in [0.1, 0.15) is 11.9 Å². The highest BCUT2D eigenvalue weighted by molar-refractivity contribution is 5.88. The molecule has 0 aliphatic heterocycles. The van der Waals surface area contributed by atoms with Crippen LogP contribution in [0.1, 0.15) is 24.2 Å². The van der Waals surface area contributed by atoms with Crippen LogP contribution in [-0.4, -0.2) is 65.9 Å². The average Bonchev–Trinajstić information content (AvgIpc) is 3.24. The lowest BCUT2D eigenvalue weighted by Crippen LogP contribution is -2.49. The van der Waals surface area contributed by atoms with Gasteiger partial charge in [0.25, 0.3) is 0 Å². The quantitative estimate of drug-likeness (QED) is 0.343. The Labute approximate surface area is 182 Å². The number of hydrogen-bond donors (Lipinski definition) is 5. The van der Waals surface area contributed by atoms with Crippen molar-refractivity contribution in [1.29, 1.82) is 0 Å². The lowest BCUT2D eigenvalue weighted by Gasteiger charge is -2.33. The van der Waals surface area contributed by atoms with Crippen molar-refractivity contribution < 1.29 is 20.1 Å². The van der Waals surface area contributed by atoms with E-state index in [2.05, 4.69) is 42.4 Å². The third-order valence-electron chi connectivity index (χ3n) is 6.37. The number of anilines is 1. The van der Waals surface area contributed by atoms with Crippen LogP contribution in [0.25, 0.3) is 11.2 Å². The number of carbonyl (C=O) groups excluding carboxylic acids is 1. The molecular formula is C21H21N7O4. The van der Waals surface area contributed by atoms with Gasteiger partial charge in [-0.25, -0.2) is 15.0 Å². The zero-order valence-corrected chi connectivity index (χ0v) is 17.4. The van der Waals surface area contributed by atoms with Crippen molar-refractivity contribution in [2.24, 2.45) is 11.3 Å². The summed E-state index contributed by atoms with van der Waals surface area (Å²) in [5.74, 6) is 5.78. The molecule has 11 heteroatoms. The maximum Gasteiger partial charge on any atom is 0.229 e. The number of aromatic nitrogens is 5. The highest BCUT2D eigenvalue weighted by Crippen LogP contribution is 2.68. The summed E-state index contributed by atoms with van der Waals surface area (Å²) in [6.07, 6.45) is 3.59. The second kappa shape index (κ2) is 6.88. The van der Waals surface area contributed by atoms with E-state index in [-0.39, 0.29) is 35.5 Å². The Kier molecular flexibility index (Phi) is 4.34. The third-order valence-corrected chi connectivity index (χ3v) is 6.37. The number of nitrogens with zero attached hydrogens (tertiary/aromatic N) is 5. The number of nitrogens with one attached hydrogen (secondary N) is 2. The molecule has 0 radical (unpaired) electrons. The molecule has 32 heavy (non-hydrogen) atoms. The number of aromatic hydroxyl groups is 1. The maximum absolute atomic E-state index is 12.4. The first-order chi connectivity index (χ1) is 15.3. The monoisotopic (exact) mass is 435 g/mol. The van der Waals surface area contributed by atoms with E-state index in [4.69, 9.17) is 0 Å². The molecule has 11 nitrogen and oxygen atoms in total. The van der Waals surface area contributed by atoms with Crippen molar-refractivity contribution in [3.8, 4) is 17.6 Å². The predicted octanol–water partition coefficient (Wildman–Crippen LogP) is -0.470. The van der Waals surface area contributed by atoms with Gasteiger partial charge in [0.15, 0.2) is 22.7 Å². The van der Waals surface area contributed by atoms with E-state index in [1.54, 1.807) is 7.05 Å². The van der Waals surface area contributed by atoms with Gasteiger partial charge < -0.3 is 26.0 Å². The number of pyridine rings is 1. The molecule has 1 unspecified atom stereocenters. The largest absolute Gasteiger partial charge is 0.506 e. The Morgan fingerprint density at radius 2 is 2.06 bits per heavy atom. The molecule has 0 bridgehead atoms. The standard InChI is InChI=1S/C21H21N7O4/c1-22-16-15-17(27-14(26-16)4-3-11-5-13(29)9-24-8-11)28(10-25-15)21(32)7-12-6-20(12,18(21)30)19(31)23-2/h5,8-10,12,18,29-30,32H,6-7H2,1-2H3,(H,23,31)(H,22,26,27)/t12-,18+,20?,21+/m0/s1. The summed E-state index contributed by atoms with van der Waals surface area (Å²) in [5.41, 5.74) is -1.61. The van der Waals surface area contributed by atoms with Gasteiger partial charge in [-0.3, -0.25) is 14.3 Å². The van der Waals surface area contributed by atoms with E-state index in [0.717, 1.165) is 0 Å². The molecule has 0 saturated heterocycles. The minimum Gasteiger partial charge on any atom is -0.506 e. The Hall–Kier alpha value is -3.75. The number of aliphatic hydroxyl groups is 2. The van der Waals surface area contributed by atoms with E-state index in [9.17, 15) is 20.1 Å². The fraction of sp³-hybridized carbons (Fsp3) is 0.381. The smallest absolute Gasteiger partial charge is 0.229 e. The number of carbonyl (C=O) groups is 1. The summed E-state index contributed by atoms with van der Waals surface area (Å²) in [6.45, 7) is 0. The van der Waals surface area contributed by atoms with Gasteiger partial charge in [-0.05, 0) is 24.3 Å². The number of aliphatic hydroxyl groups excluding tert-OH is 1. The average molecular weight is 435 g/mol. The van der Waals surface area contributed by atoms with E-state index in [1.807, 2.05) is 0 Å². The molecule has 0 spiro atoms. The van der Waals surface area contributed by atoms with Crippen LogP contribution < -0.4 is 10.6 Å². The first-order valence-corrected chi connectivity index (χ1v) is 10.1. The van der Waals surface area contributed by atoms with E-state index in [0.29, 0.717) is 23.3 Å². The van der Waals surface area contributed by atoms with Gasteiger partial charge in [0.2, 0.25) is 11.7 Å². The number of rotatable bonds is 3.